The third-order valence-electron chi connectivity index (χ3n) is 4.30. The summed E-state index contributed by atoms with van der Waals surface area (Å²) in [5.41, 5.74) is 2.91. The zero-order chi connectivity index (χ0) is 11.7. The fourth-order valence-corrected chi connectivity index (χ4v) is 3.22. The summed E-state index contributed by atoms with van der Waals surface area (Å²) < 4.78 is 0. The highest BCUT2D eigenvalue weighted by molar-refractivity contribution is 5.22. The molecule has 3 rings (SSSR count). The molecule has 2 saturated heterocycles. The first-order valence-corrected chi connectivity index (χ1v) is 6.86. The lowest BCUT2D eigenvalue weighted by atomic mass is 10.0. The summed E-state index contributed by atoms with van der Waals surface area (Å²) in [5.74, 6) is 1.81. The third-order valence-corrected chi connectivity index (χ3v) is 4.30. The molecule has 2 heteroatoms. The van der Waals surface area contributed by atoms with Gasteiger partial charge in [-0.1, -0.05) is 31.2 Å². The highest BCUT2D eigenvalue weighted by atomic mass is 15.2. The molecule has 0 saturated carbocycles. The Morgan fingerprint density at radius 3 is 2.24 bits per heavy atom. The summed E-state index contributed by atoms with van der Waals surface area (Å²) in [6, 6.07) is 9.14. The van der Waals surface area contributed by atoms with Gasteiger partial charge in [-0.15, -0.1) is 0 Å². The molecule has 1 N–H and O–H groups in total. The van der Waals surface area contributed by atoms with E-state index in [2.05, 4.69) is 41.4 Å². The lowest BCUT2D eigenvalue weighted by molar-refractivity contribution is 0.305. The molecule has 0 radical (unpaired) electrons. The van der Waals surface area contributed by atoms with Crippen LogP contribution in [0.5, 0.6) is 0 Å². The van der Waals surface area contributed by atoms with Crippen LogP contribution in [0, 0.1) is 11.8 Å². The minimum atomic E-state index is 0.907. The Morgan fingerprint density at radius 1 is 1.06 bits per heavy atom. The van der Waals surface area contributed by atoms with Gasteiger partial charge in [-0.25, -0.2) is 0 Å². The summed E-state index contributed by atoms with van der Waals surface area (Å²) in [6.45, 7) is 8.38. The van der Waals surface area contributed by atoms with Crippen LogP contribution < -0.4 is 5.32 Å². The first-order valence-electron chi connectivity index (χ1n) is 6.86. The van der Waals surface area contributed by atoms with Crippen molar-refractivity contribution in [3.63, 3.8) is 0 Å². The van der Waals surface area contributed by atoms with Crippen LogP contribution in [0.25, 0.3) is 0 Å². The van der Waals surface area contributed by atoms with Crippen LogP contribution in [-0.4, -0.2) is 31.1 Å². The van der Waals surface area contributed by atoms with E-state index >= 15 is 0 Å². The van der Waals surface area contributed by atoms with E-state index in [-0.39, 0.29) is 0 Å². The molecule has 0 unspecified atom stereocenters. The normalized spacial score (nSPS) is 28.5. The summed E-state index contributed by atoms with van der Waals surface area (Å²) in [6.07, 6.45) is 1.14. The predicted molar refractivity (Wildman–Crippen MR) is 70.9 cm³/mol. The van der Waals surface area contributed by atoms with Gasteiger partial charge in [0.2, 0.25) is 0 Å². The molecule has 2 aliphatic heterocycles. The van der Waals surface area contributed by atoms with Crippen LogP contribution in [0.2, 0.25) is 0 Å². The molecule has 2 aliphatic rings. The Hall–Kier alpha value is -0.860. The van der Waals surface area contributed by atoms with Gasteiger partial charge in [-0.3, -0.25) is 4.90 Å². The Kier molecular flexibility index (Phi) is 3.17. The van der Waals surface area contributed by atoms with Crippen molar-refractivity contribution in [3.8, 4) is 0 Å². The van der Waals surface area contributed by atoms with Crippen LogP contribution in [0.1, 0.15) is 18.1 Å². The Bertz CT molecular complexity index is 359. The largest absolute Gasteiger partial charge is 0.316 e. The lowest BCUT2D eigenvalue weighted by Gasteiger charge is -2.17. The van der Waals surface area contributed by atoms with E-state index in [1.165, 1.54) is 37.3 Å². The van der Waals surface area contributed by atoms with Crippen molar-refractivity contribution in [1.29, 1.82) is 0 Å². The number of nitrogens with one attached hydrogen (secondary N) is 1. The lowest BCUT2D eigenvalue weighted by Crippen LogP contribution is -2.25. The second kappa shape index (κ2) is 4.79. The van der Waals surface area contributed by atoms with Crippen molar-refractivity contribution in [1.82, 2.24) is 10.2 Å². The summed E-state index contributed by atoms with van der Waals surface area (Å²) in [5, 5.41) is 3.50. The van der Waals surface area contributed by atoms with E-state index in [9.17, 15) is 0 Å². The number of nitrogens with zero attached hydrogens (tertiary/aromatic N) is 1. The molecule has 1 aromatic rings. The molecule has 0 aliphatic carbocycles. The highest BCUT2D eigenvalue weighted by Gasteiger charge is 2.35. The number of aryl methyl sites for hydroxylation is 1. The predicted octanol–water partition coefficient (Wildman–Crippen LogP) is 1.90. The molecule has 0 bridgehead atoms. The summed E-state index contributed by atoms with van der Waals surface area (Å²) >= 11 is 0. The van der Waals surface area contributed by atoms with Crippen molar-refractivity contribution in [3.05, 3.63) is 35.4 Å². The molecule has 0 amide bonds. The molecule has 0 spiro atoms. The van der Waals surface area contributed by atoms with Gasteiger partial charge in [-0.05, 0) is 42.5 Å². The number of hydrogen-bond acceptors (Lipinski definition) is 2. The van der Waals surface area contributed by atoms with Crippen molar-refractivity contribution in [2.24, 2.45) is 11.8 Å². The van der Waals surface area contributed by atoms with Crippen LogP contribution in [0.4, 0.5) is 0 Å². The molecular formula is C15H22N2. The van der Waals surface area contributed by atoms with Gasteiger partial charge in [0, 0.05) is 19.6 Å². The minimum Gasteiger partial charge on any atom is -0.316 e. The fourth-order valence-electron chi connectivity index (χ4n) is 3.22. The summed E-state index contributed by atoms with van der Waals surface area (Å²) in [4.78, 5) is 2.62. The molecule has 1 aromatic carbocycles. The number of hydrogen-bond donors (Lipinski definition) is 1. The topological polar surface area (TPSA) is 15.3 Å². The quantitative estimate of drug-likeness (QED) is 0.853. The number of benzene rings is 1. The van der Waals surface area contributed by atoms with E-state index in [0.29, 0.717) is 0 Å². The van der Waals surface area contributed by atoms with Crippen molar-refractivity contribution in [2.75, 3.05) is 26.2 Å². The Labute approximate surface area is 104 Å². The number of rotatable bonds is 3. The maximum Gasteiger partial charge on any atom is 0.0233 e. The van der Waals surface area contributed by atoms with Crippen molar-refractivity contribution < 1.29 is 0 Å². The summed E-state index contributed by atoms with van der Waals surface area (Å²) in [7, 11) is 0. The van der Waals surface area contributed by atoms with Gasteiger partial charge in [-0.2, -0.15) is 0 Å². The SMILES string of the molecule is CCc1ccc(CN2C[C@H]3CNC[C@H]3C2)cc1. The van der Waals surface area contributed by atoms with Crippen LogP contribution in [-0.2, 0) is 13.0 Å². The zero-order valence-electron chi connectivity index (χ0n) is 10.7. The fraction of sp³-hybridized carbons (Fsp3) is 0.600. The molecule has 2 fully saturated rings. The van der Waals surface area contributed by atoms with E-state index in [1.54, 1.807) is 0 Å². The van der Waals surface area contributed by atoms with Gasteiger partial charge < -0.3 is 5.32 Å². The molecule has 2 atom stereocenters. The van der Waals surface area contributed by atoms with Gasteiger partial charge in [0.1, 0.15) is 0 Å². The maximum absolute atomic E-state index is 3.50. The second-order valence-corrected chi connectivity index (χ2v) is 5.54. The maximum atomic E-state index is 3.50. The molecule has 2 nitrogen and oxygen atoms in total. The van der Waals surface area contributed by atoms with Gasteiger partial charge in [0.15, 0.2) is 0 Å². The van der Waals surface area contributed by atoms with E-state index < -0.39 is 0 Å². The Morgan fingerprint density at radius 2 is 1.65 bits per heavy atom. The Balaban J connectivity index is 1.59. The first-order chi connectivity index (χ1) is 8.35. The molecule has 17 heavy (non-hydrogen) atoms. The number of likely N-dealkylation sites (tertiary alicyclic amines) is 1. The van der Waals surface area contributed by atoms with Crippen molar-refractivity contribution in [2.45, 2.75) is 19.9 Å². The van der Waals surface area contributed by atoms with Crippen molar-refractivity contribution >= 4 is 0 Å². The minimum absolute atomic E-state index is 0.907. The molecule has 92 valence electrons. The van der Waals surface area contributed by atoms with Crippen LogP contribution >= 0.6 is 0 Å². The average Bonchev–Trinajstić information content (AvgIpc) is 2.90. The molecule has 0 aromatic heterocycles. The third kappa shape index (κ3) is 2.38. The highest BCUT2D eigenvalue weighted by Crippen LogP contribution is 2.27. The molecule has 2 heterocycles. The second-order valence-electron chi connectivity index (χ2n) is 5.54. The molecular weight excluding hydrogens is 208 g/mol. The van der Waals surface area contributed by atoms with Gasteiger partial charge >= 0.3 is 0 Å². The first kappa shape index (κ1) is 11.2. The van der Waals surface area contributed by atoms with Gasteiger partial charge in [0.05, 0.1) is 0 Å². The van der Waals surface area contributed by atoms with E-state index in [1.807, 2.05) is 0 Å². The number of fused-ring (bicyclic) bond motifs is 1. The van der Waals surface area contributed by atoms with E-state index in [4.69, 9.17) is 0 Å². The van der Waals surface area contributed by atoms with E-state index in [0.717, 1.165) is 24.8 Å². The average molecular weight is 230 g/mol. The zero-order valence-corrected chi connectivity index (χ0v) is 10.7. The smallest absolute Gasteiger partial charge is 0.0233 e. The van der Waals surface area contributed by atoms with Crippen LogP contribution in [0.3, 0.4) is 0 Å². The standard InChI is InChI=1S/C15H22N2/c1-2-12-3-5-13(6-4-12)9-17-10-14-7-16-8-15(14)11-17/h3-6,14-16H,2,7-11H2,1H3/t14-,15+. The van der Waals surface area contributed by atoms with Gasteiger partial charge in [0.25, 0.3) is 0 Å². The monoisotopic (exact) mass is 230 g/mol. The van der Waals surface area contributed by atoms with Crippen LogP contribution in [0.15, 0.2) is 24.3 Å².